The summed E-state index contributed by atoms with van der Waals surface area (Å²) in [6, 6.07) is -1.04. The Bertz CT molecular complexity index is 233. The van der Waals surface area contributed by atoms with Crippen LogP contribution in [0.2, 0.25) is 0 Å². The Labute approximate surface area is 87.7 Å². The number of carboxylic acids is 2. The van der Waals surface area contributed by atoms with E-state index < -0.39 is 29.8 Å². The van der Waals surface area contributed by atoms with E-state index in [1.165, 1.54) is 0 Å². The van der Waals surface area contributed by atoms with Crippen LogP contribution in [0.15, 0.2) is 0 Å². The predicted molar refractivity (Wildman–Crippen MR) is 51.3 cm³/mol. The Morgan fingerprint density at radius 2 is 1.86 bits per heavy atom. The zero-order valence-corrected chi connectivity index (χ0v) is 8.37. The van der Waals surface area contributed by atoms with Crippen molar-refractivity contribution in [3.05, 3.63) is 0 Å². The van der Waals surface area contributed by atoms with Crippen LogP contribution in [0.3, 0.4) is 0 Å². The molecule has 6 heteroatoms. The van der Waals surface area contributed by atoms with Crippen LogP contribution in [-0.2, 0) is 9.59 Å². The third kappa shape index (κ3) is 2.59. The molecular formula is C8H14ClNO4. The molecule has 1 aliphatic carbocycles. The summed E-state index contributed by atoms with van der Waals surface area (Å²) in [6.45, 7) is 0. The first kappa shape index (κ1) is 13.2. The van der Waals surface area contributed by atoms with Gasteiger partial charge in [-0.3, -0.25) is 9.59 Å². The van der Waals surface area contributed by atoms with Crippen molar-refractivity contribution < 1.29 is 19.8 Å². The molecule has 0 heterocycles. The number of carboxylic acid groups (broad SMARTS) is 2. The fourth-order valence-electron chi connectivity index (χ4n) is 1.91. The highest BCUT2D eigenvalue weighted by Gasteiger charge is 2.39. The zero-order valence-electron chi connectivity index (χ0n) is 7.55. The van der Waals surface area contributed by atoms with Gasteiger partial charge in [0.15, 0.2) is 0 Å². The van der Waals surface area contributed by atoms with Gasteiger partial charge in [0.25, 0.3) is 0 Å². The topological polar surface area (TPSA) is 101 Å². The summed E-state index contributed by atoms with van der Waals surface area (Å²) in [4.78, 5) is 21.2. The van der Waals surface area contributed by atoms with E-state index in [-0.39, 0.29) is 12.4 Å². The molecule has 0 bridgehead atoms. The van der Waals surface area contributed by atoms with Gasteiger partial charge in [0.05, 0.1) is 5.92 Å². The van der Waals surface area contributed by atoms with Crippen molar-refractivity contribution in [3.8, 4) is 0 Å². The van der Waals surface area contributed by atoms with Gasteiger partial charge in [-0.25, -0.2) is 0 Å². The largest absolute Gasteiger partial charge is 0.481 e. The summed E-state index contributed by atoms with van der Waals surface area (Å²) in [5, 5.41) is 17.4. The molecule has 0 aromatic rings. The summed E-state index contributed by atoms with van der Waals surface area (Å²) < 4.78 is 0. The molecule has 82 valence electrons. The summed E-state index contributed by atoms with van der Waals surface area (Å²) in [6.07, 6.45) is 1.90. The van der Waals surface area contributed by atoms with E-state index in [1.807, 2.05) is 0 Å². The average Bonchev–Trinajstić information content (AvgIpc) is 2.50. The number of aliphatic carboxylic acids is 2. The zero-order chi connectivity index (χ0) is 10.0. The Hall–Kier alpha value is -0.810. The molecule has 1 unspecified atom stereocenters. The molecule has 0 aromatic heterocycles. The second-order valence-corrected chi connectivity index (χ2v) is 3.40. The maximum Gasteiger partial charge on any atom is 0.320 e. The van der Waals surface area contributed by atoms with E-state index >= 15 is 0 Å². The summed E-state index contributed by atoms with van der Waals surface area (Å²) in [5.74, 6) is -3.03. The molecule has 0 aliphatic heterocycles. The summed E-state index contributed by atoms with van der Waals surface area (Å²) in [5.41, 5.74) is 5.39. The SMILES string of the molecule is Cl.NC(C(=O)O)[C@H]1CCC[C@H]1C(=O)O. The van der Waals surface area contributed by atoms with Gasteiger partial charge in [0.1, 0.15) is 6.04 Å². The number of halogens is 1. The highest BCUT2D eigenvalue weighted by molar-refractivity contribution is 5.85. The third-order valence-electron chi connectivity index (χ3n) is 2.63. The van der Waals surface area contributed by atoms with Crippen LogP contribution in [0.5, 0.6) is 0 Å². The normalized spacial score (nSPS) is 27.8. The minimum Gasteiger partial charge on any atom is -0.481 e. The lowest BCUT2D eigenvalue weighted by atomic mass is 9.89. The molecule has 0 radical (unpaired) electrons. The minimum atomic E-state index is -1.11. The molecule has 5 nitrogen and oxygen atoms in total. The molecule has 0 spiro atoms. The molecular weight excluding hydrogens is 210 g/mol. The first-order chi connectivity index (χ1) is 6.04. The van der Waals surface area contributed by atoms with Gasteiger partial charge in [-0.15, -0.1) is 12.4 Å². The Balaban J connectivity index is 0.00000169. The molecule has 1 fully saturated rings. The summed E-state index contributed by atoms with van der Waals surface area (Å²) in [7, 11) is 0. The predicted octanol–water partition coefficient (Wildman–Crippen LogP) is 0.321. The van der Waals surface area contributed by atoms with Crippen molar-refractivity contribution in [2.24, 2.45) is 17.6 Å². The maximum absolute atomic E-state index is 10.7. The van der Waals surface area contributed by atoms with Crippen LogP contribution >= 0.6 is 12.4 Å². The fourth-order valence-corrected chi connectivity index (χ4v) is 1.91. The molecule has 4 N–H and O–H groups in total. The highest BCUT2D eigenvalue weighted by atomic mass is 35.5. The lowest BCUT2D eigenvalue weighted by Gasteiger charge is -2.19. The van der Waals surface area contributed by atoms with Crippen molar-refractivity contribution in [1.82, 2.24) is 0 Å². The van der Waals surface area contributed by atoms with Crippen molar-refractivity contribution in [2.75, 3.05) is 0 Å². The molecule has 1 rings (SSSR count). The quantitative estimate of drug-likeness (QED) is 0.640. The van der Waals surface area contributed by atoms with Crippen LogP contribution in [0.25, 0.3) is 0 Å². The third-order valence-corrected chi connectivity index (χ3v) is 2.63. The van der Waals surface area contributed by atoms with Crippen molar-refractivity contribution >= 4 is 24.3 Å². The van der Waals surface area contributed by atoms with E-state index in [2.05, 4.69) is 0 Å². The molecule has 1 saturated carbocycles. The second kappa shape index (κ2) is 5.17. The fraction of sp³-hybridized carbons (Fsp3) is 0.750. The minimum absolute atomic E-state index is 0. The number of hydrogen-bond donors (Lipinski definition) is 3. The first-order valence-corrected chi connectivity index (χ1v) is 4.25. The van der Waals surface area contributed by atoms with E-state index in [1.54, 1.807) is 0 Å². The van der Waals surface area contributed by atoms with Crippen LogP contribution < -0.4 is 5.73 Å². The second-order valence-electron chi connectivity index (χ2n) is 3.40. The van der Waals surface area contributed by atoms with Crippen LogP contribution in [0, 0.1) is 11.8 Å². The van der Waals surface area contributed by atoms with Gasteiger partial charge in [-0.05, 0) is 18.8 Å². The molecule has 3 atom stereocenters. The van der Waals surface area contributed by atoms with Gasteiger partial charge in [-0.1, -0.05) is 6.42 Å². The monoisotopic (exact) mass is 223 g/mol. The lowest BCUT2D eigenvalue weighted by Crippen LogP contribution is -2.41. The Kier molecular flexibility index (Phi) is 4.87. The molecule has 14 heavy (non-hydrogen) atoms. The number of nitrogens with two attached hydrogens (primary N) is 1. The van der Waals surface area contributed by atoms with Crippen LogP contribution in [0.4, 0.5) is 0 Å². The van der Waals surface area contributed by atoms with Gasteiger partial charge < -0.3 is 15.9 Å². The van der Waals surface area contributed by atoms with E-state index in [9.17, 15) is 9.59 Å². The molecule has 0 saturated heterocycles. The van der Waals surface area contributed by atoms with Gasteiger partial charge in [0.2, 0.25) is 0 Å². The van der Waals surface area contributed by atoms with E-state index in [0.29, 0.717) is 12.8 Å². The van der Waals surface area contributed by atoms with Crippen molar-refractivity contribution in [3.63, 3.8) is 0 Å². The van der Waals surface area contributed by atoms with Crippen LogP contribution in [-0.4, -0.2) is 28.2 Å². The van der Waals surface area contributed by atoms with Gasteiger partial charge in [0, 0.05) is 0 Å². The smallest absolute Gasteiger partial charge is 0.320 e. The Morgan fingerprint density at radius 3 is 2.29 bits per heavy atom. The standard InChI is InChI=1S/C8H13NO4.ClH/c9-6(8(12)13)4-2-1-3-5(4)7(10)11;/h4-6H,1-3,9H2,(H,10,11)(H,12,13);1H/t4-,5+,6?;/m0./s1. The Morgan fingerprint density at radius 1 is 1.29 bits per heavy atom. The van der Waals surface area contributed by atoms with E-state index in [0.717, 1.165) is 6.42 Å². The van der Waals surface area contributed by atoms with Crippen molar-refractivity contribution in [1.29, 1.82) is 0 Å². The highest BCUT2D eigenvalue weighted by Crippen LogP contribution is 2.33. The number of hydrogen-bond acceptors (Lipinski definition) is 3. The first-order valence-electron chi connectivity index (χ1n) is 4.25. The van der Waals surface area contributed by atoms with Crippen molar-refractivity contribution in [2.45, 2.75) is 25.3 Å². The average molecular weight is 224 g/mol. The van der Waals surface area contributed by atoms with Gasteiger partial charge in [-0.2, -0.15) is 0 Å². The van der Waals surface area contributed by atoms with Gasteiger partial charge >= 0.3 is 11.9 Å². The molecule has 0 amide bonds. The maximum atomic E-state index is 10.7. The number of carbonyl (C=O) groups is 2. The molecule has 1 aliphatic rings. The summed E-state index contributed by atoms with van der Waals surface area (Å²) >= 11 is 0. The molecule has 0 aromatic carbocycles. The lowest BCUT2D eigenvalue weighted by molar-refractivity contribution is -0.145. The van der Waals surface area contributed by atoms with E-state index in [4.69, 9.17) is 15.9 Å². The van der Waals surface area contributed by atoms with Crippen LogP contribution in [0.1, 0.15) is 19.3 Å². The number of rotatable bonds is 3.